The summed E-state index contributed by atoms with van der Waals surface area (Å²) < 4.78 is 1.60. The Morgan fingerprint density at radius 3 is 2.92 bits per heavy atom. The summed E-state index contributed by atoms with van der Waals surface area (Å²) >= 11 is 0. The third kappa shape index (κ3) is 3.56. The van der Waals surface area contributed by atoms with Gasteiger partial charge in [-0.05, 0) is 31.0 Å². The minimum atomic E-state index is -0.949. The number of likely N-dealkylation sites (N-methyl/N-ethyl adjacent to an activating group) is 1. The second-order valence-corrected chi connectivity index (χ2v) is 6.47. The maximum absolute atomic E-state index is 12.4. The van der Waals surface area contributed by atoms with E-state index in [1.54, 1.807) is 42.1 Å². The number of carbonyl (C=O) groups is 1. The van der Waals surface area contributed by atoms with Crippen LogP contribution in [0.15, 0.2) is 36.7 Å². The summed E-state index contributed by atoms with van der Waals surface area (Å²) in [5, 5.41) is 15.1. The van der Waals surface area contributed by atoms with Gasteiger partial charge in [0.15, 0.2) is 0 Å². The molecule has 7 nitrogen and oxygen atoms in total. The molecule has 3 heterocycles. The minimum Gasteiger partial charge on any atom is -0.386 e. The van der Waals surface area contributed by atoms with Crippen molar-refractivity contribution in [2.45, 2.75) is 18.4 Å². The fraction of sp³-hybridized carbons (Fsp3) is 0.471. The Balaban J connectivity index is 1.67. The number of anilines is 1. The Morgan fingerprint density at radius 2 is 2.25 bits per heavy atom. The fourth-order valence-corrected chi connectivity index (χ4v) is 3.22. The lowest BCUT2D eigenvalue weighted by Crippen LogP contribution is -2.54. The van der Waals surface area contributed by atoms with Crippen LogP contribution in [0.3, 0.4) is 0 Å². The highest BCUT2D eigenvalue weighted by molar-refractivity contribution is 5.92. The van der Waals surface area contributed by atoms with Gasteiger partial charge in [-0.3, -0.25) is 9.48 Å². The lowest BCUT2D eigenvalue weighted by atomic mass is 9.92. The van der Waals surface area contributed by atoms with Crippen LogP contribution >= 0.6 is 0 Å². The van der Waals surface area contributed by atoms with Crippen molar-refractivity contribution in [3.8, 4) is 0 Å². The van der Waals surface area contributed by atoms with Crippen molar-refractivity contribution < 1.29 is 9.90 Å². The highest BCUT2D eigenvalue weighted by Crippen LogP contribution is 2.25. The molecule has 0 saturated carbocycles. The van der Waals surface area contributed by atoms with Crippen molar-refractivity contribution in [3.05, 3.63) is 42.4 Å². The van der Waals surface area contributed by atoms with E-state index in [0.29, 0.717) is 18.7 Å². The van der Waals surface area contributed by atoms with Crippen LogP contribution in [0.1, 0.15) is 23.3 Å². The minimum absolute atomic E-state index is 0.181. The molecule has 24 heavy (non-hydrogen) atoms. The number of aromatic nitrogens is 3. The largest absolute Gasteiger partial charge is 0.386 e. The molecule has 7 heteroatoms. The van der Waals surface area contributed by atoms with E-state index in [2.05, 4.69) is 15.0 Å². The van der Waals surface area contributed by atoms with Crippen LogP contribution in [0.25, 0.3) is 0 Å². The molecule has 0 aliphatic carbocycles. The molecule has 1 aliphatic rings. The SMILES string of the molecule is CN(C[C@]1(O)CCCN(c2ccccn2)C1)C(=O)c1ccn(C)n1. The highest BCUT2D eigenvalue weighted by atomic mass is 16.3. The Labute approximate surface area is 141 Å². The van der Waals surface area contributed by atoms with E-state index in [0.717, 1.165) is 18.8 Å². The number of β-amino-alcohol motifs (C(OH)–C–C–N with tert-alkyl or cyclic N) is 1. The van der Waals surface area contributed by atoms with E-state index >= 15 is 0 Å². The van der Waals surface area contributed by atoms with Gasteiger partial charge in [0.25, 0.3) is 5.91 Å². The summed E-state index contributed by atoms with van der Waals surface area (Å²) in [6.45, 7) is 1.59. The number of nitrogens with zero attached hydrogens (tertiary/aromatic N) is 5. The second-order valence-electron chi connectivity index (χ2n) is 6.47. The maximum atomic E-state index is 12.4. The molecule has 1 aliphatic heterocycles. The number of amides is 1. The molecular formula is C17H23N5O2. The first-order valence-electron chi connectivity index (χ1n) is 8.10. The molecule has 1 amide bonds. The van der Waals surface area contributed by atoms with E-state index in [1.165, 1.54) is 0 Å². The summed E-state index contributed by atoms with van der Waals surface area (Å²) in [6, 6.07) is 7.43. The topological polar surface area (TPSA) is 74.5 Å². The van der Waals surface area contributed by atoms with Crippen LogP contribution in [-0.2, 0) is 7.05 Å². The molecule has 1 atom stereocenters. The standard InChI is InChI=1S/C17H23N5O2/c1-20(16(23)14-7-11-21(2)19-14)12-17(24)8-5-10-22(13-17)15-6-3-4-9-18-15/h3-4,6-7,9,11,24H,5,8,10,12-13H2,1-2H3/t17-/m1/s1. The van der Waals surface area contributed by atoms with Crippen LogP contribution in [-0.4, -0.2) is 63.0 Å². The van der Waals surface area contributed by atoms with E-state index in [-0.39, 0.29) is 12.5 Å². The van der Waals surface area contributed by atoms with Crippen molar-refractivity contribution in [1.82, 2.24) is 19.7 Å². The molecule has 0 unspecified atom stereocenters. The lowest BCUT2D eigenvalue weighted by molar-refractivity contribution is -0.000292. The molecule has 1 saturated heterocycles. The quantitative estimate of drug-likeness (QED) is 0.903. The molecule has 0 bridgehead atoms. The molecule has 2 aromatic heterocycles. The number of aliphatic hydroxyl groups is 1. The van der Waals surface area contributed by atoms with E-state index in [1.807, 2.05) is 18.2 Å². The van der Waals surface area contributed by atoms with E-state index in [9.17, 15) is 9.90 Å². The van der Waals surface area contributed by atoms with Crippen molar-refractivity contribution in [2.24, 2.45) is 7.05 Å². The van der Waals surface area contributed by atoms with Gasteiger partial charge < -0.3 is 14.9 Å². The second kappa shape index (κ2) is 6.60. The smallest absolute Gasteiger partial charge is 0.274 e. The normalized spacial score (nSPS) is 20.9. The molecule has 1 N–H and O–H groups in total. The summed E-state index contributed by atoms with van der Waals surface area (Å²) in [7, 11) is 3.48. The van der Waals surface area contributed by atoms with Gasteiger partial charge in [0.1, 0.15) is 11.5 Å². The van der Waals surface area contributed by atoms with Gasteiger partial charge in [0, 0.05) is 39.6 Å². The molecule has 3 rings (SSSR count). The fourth-order valence-electron chi connectivity index (χ4n) is 3.22. The number of hydrogen-bond donors (Lipinski definition) is 1. The average Bonchev–Trinajstić information content (AvgIpc) is 3.01. The summed E-state index contributed by atoms with van der Waals surface area (Å²) in [5.74, 6) is 0.674. The lowest BCUT2D eigenvalue weighted by Gasteiger charge is -2.41. The summed E-state index contributed by atoms with van der Waals surface area (Å²) in [6.07, 6.45) is 5.01. The van der Waals surface area contributed by atoms with Crippen molar-refractivity contribution in [1.29, 1.82) is 0 Å². The van der Waals surface area contributed by atoms with Crippen LogP contribution in [0.2, 0.25) is 0 Å². The van der Waals surface area contributed by atoms with Gasteiger partial charge in [-0.15, -0.1) is 0 Å². The van der Waals surface area contributed by atoms with Crippen LogP contribution < -0.4 is 4.90 Å². The van der Waals surface area contributed by atoms with Gasteiger partial charge in [-0.2, -0.15) is 5.10 Å². The van der Waals surface area contributed by atoms with Crippen LogP contribution in [0.4, 0.5) is 5.82 Å². The number of pyridine rings is 1. The predicted molar refractivity (Wildman–Crippen MR) is 90.8 cm³/mol. The number of rotatable bonds is 4. The Hall–Kier alpha value is -2.41. The first-order valence-corrected chi connectivity index (χ1v) is 8.10. The van der Waals surface area contributed by atoms with Gasteiger partial charge in [-0.1, -0.05) is 6.07 Å². The van der Waals surface area contributed by atoms with Gasteiger partial charge in [-0.25, -0.2) is 4.98 Å². The Kier molecular flexibility index (Phi) is 4.53. The first-order chi connectivity index (χ1) is 11.5. The summed E-state index contributed by atoms with van der Waals surface area (Å²) in [5.41, 5.74) is -0.560. The maximum Gasteiger partial charge on any atom is 0.274 e. The molecular weight excluding hydrogens is 306 g/mol. The molecule has 1 fully saturated rings. The molecule has 128 valence electrons. The van der Waals surface area contributed by atoms with E-state index in [4.69, 9.17) is 0 Å². The Morgan fingerprint density at radius 1 is 1.42 bits per heavy atom. The predicted octanol–water partition coefficient (Wildman–Crippen LogP) is 0.919. The van der Waals surface area contributed by atoms with Crippen molar-refractivity contribution in [2.75, 3.05) is 31.6 Å². The van der Waals surface area contributed by atoms with Gasteiger partial charge in [0.2, 0.25) is 0 Å². The van der Waals surface area contributed by atoms with Crippen molar-refractivity contribution >= 4 is 11.7 Å². The number of piperidine rings is 1. The highest BCUT2D eigenvalue weighted by Gasteiger charge is 2.36. The third-order valence-corrected chi connectivity index (χ3v) is 4.34. The monoisotopic (exact) mass is 329 g/mol. The third-order valence-electron chi connectivity index (χ3n) is 4.34. The van der Waals surface area contributed by atoms with Gasteiger partial charge >= 0.3 is 0 Å². The zero-order valence-electron chi connectivity index (χ0n) is 14.1. The Bertz CT molecular complexity index is 702. The molecule has 2 aromatic rings. The number of hydrogen-bond acceptors (Lipinski definition) is 5. The molecule has 0 spiro atoms. The first kappa shape index (κ1) is 16.4. The number of aryl methyl sites for hydroxylation is 1. The average molecular weight is 329 g/mol. The van der Waals surface area contributed by atoms with Crippen molar-refractivity contribution in [3.63, 3.8) is 0 Å². The van der Waals surface area contributed by atoms with Crippen LogP contribution in [0.5, 0.6) is 0 Å². The van der Waals surface area contributed by atoms with Crippen LogP contribution in [0, 0.1) is 0 Å². The summed E-state index contributed by atoms with van der Waals surface area (Å²) in [4.78, 5) is 20.4. The molecule has 0 radical (unpaired) electrons. The zero-order chi connectivity index (χ0) is 17.2. The molecule has 0 aromatic carbocycles. The van der Waals surface area contributed by atoms with E-state index < -0.39 is 5.60 Å². The zero-order valence-corrected chi connectivity index (χ0v) is 14.1. The number of carbonyl (C=O) groups excluding carboxylic acids is 1. The van der Waals surface area contributed by atoms with Gasteiger partial charge in [0.05, 0.1) is 12.1 Å².